The van der Waals surface area contributed by atoms with E-state index in [9.17, 15) is 4.79 Å². The van der Waals surface area contributed by atoms with Crippen LogP contribution in [0.2, 0.25) is 0 Å². The van der Waals surface area contributed by atoms with Crippen LogP contribution in [0.1, 0.15) is 50.0 Å². The quantitative estimate of drug-likeness (QED) is 0.333. The van der Waals surface area contributed by atoms with E-state index in [0.717, 1.165) is 34.7 Å². The standard InChI is InChI=1S/C27H34N2O2/c1-20(2)16-17-28-27(30)24-9-7-11-26(19-24)29-25-10-6-8-23(18-25)15-13-21(3)12-14-22(4)31-5/h6-15,18-20,29H,16-17H2,1-5H3,(H,28,30)/b15-13+,21-12+,22-14+. The van der Waals surface area contributed by atoms with E-state index in [1.165, 1.54) is 0 Å². The Hall–Kier alpha value is -3.27. The molecule has 0 spiro atoms. The van der Waals surface area contributed by atoms with Gasteiger partial charge in [-0.2, -0.15) is 0 Å². The fraction of sp³-hybridized carbons (Fsp3) is 0.296. The van der Waals surface area contributed by atoms with Crippen LogP contribution in [0.15, 0.2) is 78.1 Å². The minimum Gasteiger partial charge on any atom is -0.501 e. The van der Waals surface area contributed by atoms with Crippen molar-refractivity contribution >= 4 is 23.4 Å². The molecule has 4 nitrogen and oxygen atoms in total. The number of hydrogen-bond acceptors (Lipinski definition) is 3. The predicted molar refractivity (Wildman–Crippen MR) is 132 cm³/mol. The highest BCUT2D eigenvalue weighted by Crippen LogP contribution is 2.20. The number of benzene rings is 2. The Bertz CT molecular complexity index is 955. The third-order valence-electron chi connectivity index (χ3n) is 4.75. The first-order valence-corrected chi connectivity index (χ1v) is 10.7. The first-order valence-electron chi connectivity index (χ1n) is 10.7. The molecule has 1 amide bonds. The van der Waals surface area contributed by atoms with Crippen LogP contribution >= 0.6 is 0 Å². The highest BCUT2D eigenvalue weighted by Gasteiger charge is 2.06. The summed E-state index contributed by atoms with van der Waals surface area (Å²) in [5.74, 6) is 1.40. The maximum Gasteiger partial charge on any atom is 0.251 e. The summed E-state index contributed by atoms with van der Waals surface area (Å²) in [6.45, 7) is 8.97. The van der Waals surface area contributed by atoms with Gasteiger partial charge in [0.2, 0.25) is 0 Å². The van der Waals surface area contributed by atoms with Crippen molar-refractivity contribution in [2.75, 3.05) is 19.0 Å². The lowest BCUT2D eigenvalue weighted by atomic mass is 10.1. The fourth-order valence-corrected chi connectivity index (χ4v) is 2.80. The summed E-state index contributed by atoms with van der Waals surface area (Å²) >= 11 is 0. The molecule has 0 bridgehead atoms. The molecule has 0 aromatic heterocycles. The van der Waals surface area contributed by atoms with Crippen molar-refractivity contribution in [1.82, 2.24) is 5.32 Å². The normalized spacial score (nSPS) is 12.3. The summed E-state index contributed by atoms with van der Waals surface area (Å²) in [6, 6.07) is 15.7. The van der Waals surface area contributed by atoms with Gasteiger partial charge in [-0.05, 0) is 68.2 Å². The number of anilines is 2. The SMILES string of the molecule is CO/C(C)=C/C=C(C)/C=C/c1cccc(Nc2cccc(C(=O)NCCC(C)C)c2)c1. The number of carbonyl (C=O) groups is 1. The van der Waals surface area contributed by atoms with Gasteiger partial charge < -0.3 is 15.4 Å². The van der Waals surface area contributed by atoms with Gasteiger partial charge in [-0.1, -0.05) is 55.8 Å². The zero-order chi connectivity index (χ0) is 22.6. The van der Waals surface area contributed by atoms with Gasteiger partial charge in [0, 0.05) is 23.5 Å². The van der Waals surface area contributed by atoms with E-state index in [1.807, 2.05) is 55.5 Å². The van der Waals surface area contributed by atoms with E-state index in [2.05, 4.69) is 55.7 Å². The topological polar surface area (TPSA) is 50.4 Å². The zero-order valence-corrected chi connectivity index (χ0v) is 19.2. The van der Waals surface area contributed by atoms with Crippen molar-refractivity contribution in [3.8, 4) is 0 Å². The van der Waals surface area contributed by atoms with E-state index in [0.29, 0.717) is 18.0 Å². The predicted octanol–water partition coefficient (Wildman–Crippen LogP) is 6.72. The molecule has 2 N–H and O–H groups in total. The van der Waals surface area contributed by atoms with Crippen molar-refractivity contribution in [3.05, 3.63) is 89.2 Å². The monoisotopic (exact) mass is 418 g/mol. The van der Waals surface area contributed by atoms with Gasteiger partial charge in [0.1, 0.15) is 0 Å². The van der Waals surface area contributed by atoms with Gasteiger partial charge in [0.05, 0.1) is 12.9 Å². The Kier molecular flexibility index (Phi) is 9.63. The molecule has 0 aliphatic heterocycles. The average Bonchev–Trinajstić information content (AvgIpc) is 2.76. The second kappa shape index (κ2) is 12.4. The maximum absolute atomic E-state index is 12.4. The molecule has 0 saturated carbocycles. The van der Waals surface area contributed by atoms with Gasteiger partial charge in [-0.15, -0.1) is 0 Å². The molecular weight excluding hydrogens is 384 g/mol. The number of carbonyl (C=O) groups excluding carboxylic acids is 1. The number of methoxy groups -OCH3 is 1. The van der Waals surface area contributed by atoms with E-state index in [-0.39, 0.29) is 5.91 Å². The summed E-state index contributed by atoms with van der Waals surface area (Å²) in [4.78, 5) is 12.4. The van der Waals surface area contributed by atoms with Crippen LogP contribution in [0, 0.1) is 5.92 Å². The van der Waals surface area contributed by atoms with Crippen molar-refractivity contribution < 1.29 is 9.53 Å². The lowest BCUT2D eigenvalue weighted by Crippen LogP contribution is -2.25. The highest BCUT2D eigenvalue weighted by atomic mass is 16.5. The number of amides is 1. The third kappa shape index (κ3) is 8.95. The summed E-state index contributed by atoms with van der Waals surface area (Å²) in [7, 11) is 1.67. The molecule has 0 aliphatic carbocycles. The van der Waals surface area contributed by atoms with Crippen molar-refractivity contribution in [2.24, 2.45) is 5.92 Å². The highest BCUT2D eigenvalue weighted by molar-refractivity contribution is 5.95. The number of allylic oxidation sites excluding steroid dienone is 5. The molecule has 2 aromatic rings. The molecule has 0 radical (unpaired) electrons. The molecule has 0 fully saturated rings. The molecule has 4 heteroatoms. The minimum atomic E-state index is -0.0407. The molecular formula is C27H34N2O2. The largest absolute Gasteiger partial charge is 0.501 e. The first-order chi connectivity index (χ1) is 14.9. The van der Waals surface area contributed by atoms with Gasteiger partial charge >= 0.3 is 0 Å². The summed E-state index contributed by atoms with van der Waals surface area (Å²) in [5, 5.41) is 6.38. The van der Waals surface area contributed by atoms with Crippen LogP contribution in [-0.4, -0.2) is 19.6 Å². The van der Waals surface area contributed by atoms with Crippen LogP contribution < -0.4 is 10.6 Å². The summed E-state index contributed by atoms with van der Waals surface area (Å²) < 4.78 is 5.15. The van der Waals surface area contributed by atoms with E-state index in [4.69, 9.17) is 4.74 Å². The smallest absolute Gasteiger partial charge is 0.251 e. The second-order valence-corrected chi connectivity index (χ2v) is 8.00. The Morgan fingerprint density at radius 3 is 2.45 bits per heavy atom. The van der Waals surface area contributed by atoms with Crippen LogP contribution in [0.5, 0.6) is 0 Å². The fourth-order valence-electron chi connectivity index (χ4n) is 2.80. The molecule has 164 valence electrons. The van der Waals surface area contributed by atoms with Crippen LogP contribution in [-0.2, 0) is 4.74 Å². The summed E-state index contributed by atoms with van der Waals surface area (Å²) in [6.07, 6.45) is 9.09. The van der Waals surface area contributed by atoms with Crippen LogP contribution in [0.4, 0.5) is 11.4 Å². The van der Waals surface area contributed by atoms with E-state index >= 15 is 0 Å². The number of ether oxygens (including phenoxy) is 1. The Morgan fingerprint density at radius 2 is 1.74 bits per heavy atom. The van der Waals surface area contributed by atoms with Crippen molar-refractivity contribution in [2.45, 2.75) is 34.1 Å². The second-order valence-electron chi connectivity index (χ2n) is 8.00. The Balaban J connectivity index is 2.04. The number of nitrogens with one attached hydrogen (secondary N) is 2. The molecule has 0 saturated heterocycles. The van der Waals surface area contributed by atoms with Gasteiger partial charge in [-0.25, -0.2) is 0 Å². The van der Waals surface area contributed by atoms with Gasteiger partial charge in [0.15, 0.2) is 0 Å². The molecule has 0 atom stereocenters. The van der Waals surface area contributed by atoms with Crippen LogP contribution in [0.25, 0.3) is 6.08 Å². The molecule has 0 heterocycles. The van der Waals surface area contributed by atoms with Crippen molar-refractivity contribution in [1.29, 1.82) is 0 Å². The number of rotatable bonds is 10. The van der Waals surface area contributed by atoms with E-state index < -0.39 is 0 Å². The Labute approximate surface area is 186 Å². The van der Waals surface area contributed by atoms with Crippen molar-refractivity contribution in [3.63, 3.8) is 0 Å². The van der Waals surface area contributed by atoms with Gasteiger partial charge in [0.25, 0.3) is 5.91 Å². The molecule has 2 rings (SSSR count). The zero-order valence-electron chi connectivity index (χ0n) is 19.2. The summed E-state index contributed by atoms with van der Waals surface area (Å²) in [5.41, 5.74) is 4.73. The average molecular weight is 419 g/mol. The minimum absolute atomic E-state index is 0.0407. The number of hydrogen-bond donors (Lipinski definition) is 2. The lowest BCUT2D eigenvalue weighted by Gasteiger charge is -2.10. The Morgan fingerprint density at radius 1 is 1.03 bits per heavy atom. The van der Waals surface area contributed by atoms with Gasteiger partial charge in [-0.3, -0.25) is 4.79 Å². The molecule has 2 aromatic carbocycles. The first kappa shape index (κ1) is 24.0. The maximum atomic E-state index is 12.4. The lowest BCUT2D eigenvalue weighted by molar-refractivity contribution is 0.0952. The van der Waals surface area contributed by atoms with E-state index in [1.54, 1.807) is 7.11 Å². The molecule has 0 aliphatic rings. The third-order valence-corrected chi connectivity index (χ3v) is 4.75. The molecule has 0 unspecified atom stereocenters. The van der Waals surface area contributed by atoms with Crippen LogP contribution in [0.3, 0.4) is 0 Å². The molecule has 31 heavy (non-hydrogen) atoms.